The Balaban J connectivity index is 2.19. The molecule has 0 amide bonds. The summed E-state index contributed by atoms with van der Waals surface area (Å²) >= 11 is 1.95. The predicted molar refractivity (Wildman–Crippen MR) is 70.3 cm³/mol. The van der Waals surface area contributed by atoms with Gasteiger partial charge in [0.2, 0.25) is 0 Å². The first-order chi connectivity index (χ1) is 7.18. The molecule has 0 saturated heterocycles. The van der Waals surface area contributed by atoms with Crippen molar-refractivity contribution in [3.05, 3.63) is 35.9 Å². The van der Waals surface area contributed by atoms with E-state index in [1.165, 1.54) is 5.56 Å². The Hall–Kier alpha value is -0.470. The Kier molecular flexibility index (Phi) is 5.81. The van der Waals surface area contributed by atoms with E-state index in [4.69, 9.17) is 5.73 Å². The van der Waals surface area contributed by atoms with Crippen molar-refractivity contribution in [2.24, 2.45) is 5.73 Å². The molecule has 1 aromatic rings. The van der Waals surface area contributed by atoms with Crippen LogP contribution in [0, 0.1) is 0 Å². The van der Waals surface area contributed by atoms with E-state index in [0.29, 0.717) is 11.3 Å². The standard InChI is InChI=1S/C13H21NS/c1-11(2)15-10-13(14)9-8-12-6-4-3-5-7-12/h3-7,11,13H,8-10,14H2,1-2H3. The van der Waals surface area contributed by atoms with Crippen molar-refractivity contribution in [3.8, 4) is 0 Å². The summed E-state index contributed by atoms with van der Waals surface area (Å²) in [6.07, 6.45) is 2.18. The molecule has 2 heteroatoms. The number of aryl methyl sites for hydroxylation is 1. The summed E-state index contributed by atoms with van der Waals surface area (Å²) < 4.78 is 0. The molecule has 2 N–H and O–H groups in total. The normalized spacial score (nSPS) is 13.1. The number of hydrogen-bond acceptors (Lipinski definition) is 2. The van der Waals surface area contributed by atoms with E-state index in [9.17, 15) is 0 Å². The van der Waals surface area contributed by atoms with Crippen molar-refractivity contribution < 1.29 is 0 Å². The molecule has 0 spiro atoms. The Bertz CT molecular complexity index is 258. The van der Waals surface area contributed by atoms with Crippen LogP contribution >= 0.6 is 11.8 Å². The van der Waals surface area contributed by atoms with Crippen molar-refractivity contribution in [2.75, 3.05) is 5.75 Å². The molecule has 1 atom stereocenters. The van der Waals surface area contributed by atoms with Crippen LogP contribution in [0.5, 0.6) is 0 Å². The number of hydrogen-bond donors (Lipinski definition) is 1. The minimum atomic E-state index is 0.331. The molecule has 1 nitrogen and oxygen atoms in total. The first kappa shape index (κ1) is 12.6. The van der Waals surface area contributed by atoms with Crippen LogP contribution in [0.1, 0.15) is 25.8 Å². The fourth-order valence-corrected chi connectivity index (χ4v) is 2.19. The molecule has 0 heterocycles. The monoisotopic (exact) mass is 223 g/mol. The molecule has 0 saturated carbocycles. The maximum absolute atomic E-state index is 6.05. The van der Waals surface area contributed by atoms with Crippen LogP contribution in [0.15, 0.2) is 30.3 Å². The number of rotatable bonds is 6. The molecule has 0 aliphatic carbocycles. The molecule has 0 radical (unpaired) electrons. The third kappa shape index (κ3) is 5.85. The van der Waals surface area contributed by atoms with E-state index in [1.807, 2.05) is 11.8 Å². The van der Waals surface area contributed by atoms with Gasteiger partial charge in [-0.25, -0.2) is 0 Å². The summed E-state index contributed by atoms with van der Waals surface area (Å²) in [6.45, 7) is 4.43. The molecule has 0 aliphatic heterocycles. The Labute approximate surface area is 97.4 Å². The zero-order valence-corrected chi connectivity index (χ0v) is 10.5. The molecular formula is C13H21NS. The summed E-state index contributed by atoms with van der Waals surface area (Å²) in [5, 5.41) is 0.688. The number of thioether (sulfide) groups is 1. The fourth-order valence-electron chi connectivity index (χ4n) is 1.40. The first-order valence-corrected chi connectivity index (χ1v) is 6.64. The largest absolute Gasteiger partial charge is 0.327 e. The van der Waals surface area contributed by atoms with E-state index < -0.39 is 0 Å². The van der Waals surface area contributed by atoms with Crippen LogP contribution in [-0.4, -0.2) is 17.0 Å². The summed E-state index contributed by atoms with van der Waals surface area (Å²) in [7, 11) is 0. The lowest BCUT2D eigenvalue weighted by atomic mass is 10.1. The summed E-state index contributed by atoms with van der Waals surface area (Å²) in [6, 6.07) is 10.9. The Morgan fingerprint density at radius 1 is 1.20 bits per heavy atom. The van der Waals surface area contributed by atoms with Gasteiger partial charge in [-0.3, -0.25) is 0 Å². The predicted octanol–water partition coefficient (Wildman–Crippen LogP) is 3.09. The van der Waals surface area contributed by atoms with Gasteiger partial charge in [-0.2, -0.15) is 11.8 Å². The average Bonchev–Trinajstić information content (AvgIpc) is 2.25. The summed E-state index contributed by atoms with van der Waals surface area (Å²) in [5.74, 6) is 1.07. The third-order valence-corrected chi connectivity index (χ3v) is 3.58. The molecule has 0 bridgehead atoms. The highest BCUT2D eigenvalue weighted by atomic mass is 32.2. The van der Waals surface area contributed by atoms with Gasteiger partial charge < -0.3 is 5.73 Å². The second-order valence-electron chi connectivity index (χ2n) is 4.17. The third-order valence-electron chi connectivity index (χ3n) is 2.29. The molecular weight excluding hydrogens is 202 g/mol. The van der Waals surface area contributed by atoms with E-state index >= 15 is 0 Å². The first-order valence-electron chi connectivity index (χ1n) is 5.59. The maximum Gasteiger partial charge on any atom is 0.0133 e. The molecule has 0 fully saturated rings. The molecule has 15 heavy (non-hydrogen) atoms. The highest BCUT2D eigenvalue weighted by Gasteiger charge is 2.04. The highest BCUT2D eigenvalue weighted by Crippen LogP contribution is 2.12. The van der Waals surface area contributed by atoms with Gasteiger partial charge in [-0.15, -0.1) is 0 Å². The molecule has 1 rings (SSSR count). The van der Waals surface area contributed by atoms with E-state index in [0.717, 1.165) is 18.6 Å². The quantitative estimate of drug-likeness (QED) is 0.802. The van der Waals surface area contributed by atoms with Crippen molar-refractivity contribution in [3.63, 3.8) is 0 Å². The molecule has 84 valence electrons. The van der Waals surface area contributed by atoms with Crippen molar-refractivity contribution in [1.29, 1.82) is 0 Å². The van der Waals surface area contributed by atoms with Gasteiger partial charge in [-0.05, 0) is 23.7 Å². The lowest BCUT2D eigenvalue weighted by molar-refractivity contribution is 0.673. The Morgan fingerprint density at radius 3 is 2.47 bits per heavy atom. The lowest BCUT2D eigenvalue weighted by Crippen LogP contribution is -2.24. The second kappa shape index (κ2) is 6.91. The van der Waals surface area contributed by atoms with Crippen LogP contribution in [0.3, 0.4) is 0 Å². The molecule has 0 aliphatic rings. The van der Waals surface area contributed by atoms with Gasteiger partial charge in [0.25, 0.3) is 0 Å². The van der Waals surface area contributed by atoms with Crippen molar-refractivity contribution in [2.45, 2.75) is 38.0 Å². The van der Waals surface area contributed by atoms with Gasteiger partial charge in [0.1, 0.15) is 0 Å². The van der Waals surface area contributed by atoms with Crippen molar-refractivity contribution >= 4 is 11.8 Å². The van der Waals surface area contributed by atoms with E-state index in [-0.39, 0.29) is 0 Å². The minimum Gasteiger partial charge on any atom is -0.327 e. The van der Waals surface area contributed by atoms with Crippen LogP contribution in [0.4, 0.5) is 0 Å². The minimum absolute atomic E-state index is 0.331. The topological polar surface area (TPSA) is 26.0 Å². The Morgan fingerprint density at radius 2 is 1.87 bits per heavy atom. The molecule has 1 aromatic carbocycles. The van der Waals surface area contributed by atoms with Gasteiger partial charge in [0, 0.05) is 11.8 Å². The van der Waals surface area contributed by atoms with Gasteiger partial charge in [-0.1, -0.05) is 44.2 Å². The van der Waals surface area contributed by atoms with E-state index in [2.05, 4.69) is 44.2 Å². The number of nitrogens with two attached hydrogens (primary N) is 1. The van der Waals surface area contributed by atoms with Crippen LogP contribution < -0.4 is 5.73 Å². The van der Waals surface area contributed by atoms with Crippen LogP contribution in [-0.2, 0) is 6.42 Å². The number of benzene rings is 1. The maximum atomic E-state index is 6.05. The fraction of sp³-hybridized carbons (Fsp3) is 0.538. The zero-order chi connectivity index (χ0) is 11.1. The molecule has 0 aromatic heterocycles. The smallest absolute Gasteiger partial charge is 0.0133 e. The van der Waals surface area contributed by atoms with Crippen LogP contribution in [0.2, 0.25) is 0 Å². The van der Waals surface area contributed by atoms with Gasteiger partial charge in [0.15, 0.2) is 0 Å². The highest BCUT2D eigenvalue weighted by molar-refractivity contribution is 7.99. The molecule has 1 unspecified atom stereocenters. The average molecular weight is 223 g/mol. The van der Waals surface area contributed by atoms with Crippen LogP contribution in [0.25, 0.3) is 0 Å². The van der Waals surface area contributed by atoms with Crippen molar-refractivity contribution in [1.82, 2.24) is 0 Å². The summed E-state index contributed by atoms with van der Waals surface area (Å²) in [5.41, 5.74) is 7.44. The second-order valence-corrected chi connectivity index (χ2v) is 5.78. The zero-order valence-electron chi connectivity index (χ0n) is 9.65. The van der Waals surface area contributed by atoms with Gasteiger partial charge >= 0.3 is 0 Å². The van der Waals surface area contributed by atoms with Gasteiger partial charge in [0.05, 0.1) is 0 Å². The SMILES string of the molecule is CC(C)SCC(N)CCc1ccccc1. The van der Waals surface area contributed by atoms with E-state index in [1.54, 1.807) is 0 Å². The lowest BCUT2D eigenvalue weighted by Gasteiger charge is -2.12. The summed E-state index contributed by atoms with van der Waals surface area (Å²) in [4.78, 5) is 0.